The molecular weight excluding hydrogens is 418 g/mol. The fourth-order valence-electron chi connectivity index (χ4n) is 4.60. The van der Waals surface area contributed by atoms with Crippen molar-refractivity contribution in [3.63, 3.8) is 0 Å². The van der Waals surface area contributed by atoms with E-state index in [9.17, 15) is 4.79 Å². The number of carbonyl (C=O) groups excluding carboxylic acids is 1. The highest BCUT2D eigenvalue weighted by Crippen LogP contribution is 2.36. The number of carbonyl (C=O) groups is 1. The molecule has 0 N–H and O–H groups in total. The number of halogens is 1. The Morgan fingerprint density at radius 2 is 1.72 bits per heavy atom. The first kappa shape index (κ1) is 20.9. The van der Waals surface area contributed by atoms with E-state index in [1.807, 2.05) is 24.3 Å². The van der Waals surface area contributed by atoms with Crippen molar-refractivity contribution >= 4 is 23.2 Å². The third-order valence-corrected chi connectivity index (χ3v) is 6.73. The van der Waals surface area contributed by atoms with Crippen LogP contribution in [0.15, 0.2) is 77.9 Å². The maximum atomic E-state index is 13.5. The molecule has 0 aliphatic carbocycles. The molecule has 1 atom stereocenters. The Kier molecular flexibility index (Phi) is 5.81. The number of hydrazone groups is 1. The van der Waals surface area contributed by atoms with Gasteiger partial charge in [-0.15, -0.1) is 0 Å². The van der Waals surface area contributed by atoms with Crippen LogP contribution in [0.1, 0.15) is 40.3 Å². The van der Waals surface area contributed by atoms with Crippen molar-refractivity contribution < 1.29 is 4.79 Å². The zero-order valence-corrected chi connectivity index (χ0v) is 18.9. The molecule has 0 saturated carbocycles. The van der Waals surface area contributed by atoms with Gasteiger partial charge in [-0.05, 0) is 41.7 Å². The molecule has 0 saturated heterocycles. The Morgan fingerprint density at radius 3 is 2.50 bits per heavy atom. The van der Waals surface area contributed by atoms with Gasteiger partial charge in [-0.3, -0.25) is 9.69 Å². The third kappa shape index (κ3) is 4.21. The molecule has 0 radical (unpaired) electrons. The molecule has 2 aliphatic rings. The van der Waals surface area contributed by atoms with Crippen LogP contribution in [0.5, 0.6) is 0 Å². The SMILES string of the molecule is Cc1ccc(C2=NN(C(=O)CN3CCc4ccccc4C3)[C@H](c3ccccc3Cl)C2)cc1. The average Bonchev–Trinajstić information content (AvgIpc) is 3.25. The Bertz CT molecular complexity index is 1170. The van der Waals surface area contributed by atoms with Gasteiger partial charge < -0.3 is 0 Å². The van der Waals surface area contributed by atoms with Crippen LogP contribution in [-0.4, -0.2) is 34.6 Å². The minimum atomic E-state index is -0.190. The lowest BCUT2D eigenvalue weighted by Gasteiger charge is -2.30. The molecule has 1 amide bonds. The molecule has 0 spiro atoms. The Balaban J connectivity index is 1.41. The summed E-state index contributed by atoms with van der Waals surface area (Å²) in [7, 11) is 0. The molecule has 5 rings (SSSR count). The van der Waals surface area contributed by atoms with Crippen molar-refractivity contribution in [3.8, 4) is 0 Å². The average molecular weight is 444 g/mol. The summed E-state index contributed by atoms with van der Waals surface area (Å²) in [6, 6.07) is 24.4. The van der Waals surface area contributed by atoms with Gasteiger partial charge in [-0.1, -0.05) is 83.9 Å². The van der Waals surface area contributed by atoms with Crippen LogP contribution >= 0.6 is 11.6 Å². The lowest BCUT2D eigenvalue weighted by atomic mass is 9.97. The van der Waals surface area contributed by atoms with E-state index < -0.39 is 0 Å². The predicted octanol–water partition coefficient (Wildman–Crippen LogP) is 5.38. The molecule has 4 nitrogen and oxygen atoms in total. The van der Waals surface area contributed by atoms with Gasteiger partial charge >= 0.3 is 0 Å². The van der Waals surface area contributed by atoms with Crippen molar-refractivity contribution in [2.24, 2.45) is 5.10 Å². The summed E-state index contributed by atoms with van der Waals surface area (Å²) in [5.74, 6) is 0.0106. The van der Waals surface area contributed by atoms with Crippen LogP contribution in [0.25, 0.3) is 0 Å². The monoisotopic (exact) mass is 443 g/mol. The standard InChI is InChI=1S/C27H26ClN3O/c1-19-10-12-21(13-11-19)25-16-26(23-8-4-5-9-24(23)28)31(29-25)27(32)18-30-15-14-20-6-2-3-7-22(20)17-30/h2-13,26H,14-18H2,1H3/t26-/m0/s1. The molecule has 162 valence electrons. The van der Waals surface area contributed by atoms with Gasteiger partial charge in [0.2, 0.25) is 0 Å². The van der Waals surface area contributed by atoms with E-state index in [4.69, 9.17) is 16.7 Å². The van der Waals surface area contributed by atoms with Gasteiger partial charge in [0.05, 0.1) is 18.3 Å². The smallest absolute Gasteiger partial charge is 0.257 e. The maximum absolute atomic E-state index is 13.5. The number of nitrogens with zero attached hydrogens (tertiary/aromatic N) is 3. The summed E-state index contributed by atoms with van der Waals surface area (Å²) in [5, 5.41) is 7.14. The molecule has 0 unspecified atom stereocenters. The zero-order chi connectivity index (χ0) is 22.1. The van der Waals surface area contributed by atoms with Crippen LogP contribution in [0.4, 0.5) is 0 Å². The van der Waals surface area contributed by atoms with E-state index in [1.54, 1.807) is 5.01 Å². The molecule has 32 heavy (non-hydrogen) atoms. The minimum Gasteiger partial charge on any atom is -0.290 e. The molecule has 3 aromatic rings. The lowest BCUT2D eigenvalue weighted by molar-refractivity contribution is -0.134. The molecule has 2 heterocycles. The molecule has 0 bridgehead atoms. The summed E-state index contributed by atoms with van der Waals surface area (Å²) in [6.07, 6.45) is 1.62. The Labute approximate surface area is 194 Å². The molecule has 0 aromatic heterocycles. The second-order valence-electron chi connectivity index (χ2n) is 8.62. The normalized spacial score (nSPS) is 18.4. The second-order valence-corrected chi connectivity index (χ2v) is 9.03. The van der Waals surface area contributed by atoms with Crippen LogP contribution in [0, 0.1) is 6.92 Å². The largest absolute Gasteiger partial charge is 0.290 e. The fourth-order valence-corrected chi connectivity index (χ4v) is 4.86. The maximum Gasteiger partial charge on any atom is 0.257 e. The number of amides is 1. The highest BCUT2D eigenvalue weighted by Gasteiger charge is 2.35. The Hall–Kier alpha value is -2.95. The summed E-state index contributed by atoms with van der Waals surface area (Å²) in [4.78, 5) is 15.7. The number of hydrogen-bond donors (Lipinski definition) is 0. The van der Waals surface area contributed by atoms with Crippen molar-refractivity contribution in [2.45, 2.75) is 32.4 Å². The summed E-state index contributed by atoms with van der Waals surface area (Å²) < 4.78 is 0. The van der Waals surface area contributed by atoms with Crippen LogP contribution in [0.3, 0.4) is 0 Å². The van der Waals surface area contributed by atoms with Crippen molar-refractivity contribution in [3.05, 3.63) is 106 Å². The molecule has 3 aromatic carbocycles. The Morgan fingerprint density at radius 1 is 1.00 bits per heavy atom. The number of hydrogen-bond acceptors (Lipinski definition) is 3. The first-order chi connectivity index (χ1) is 15.6. The van der Waals surface area contributed by atoms with Gasteiger partial charge in [0, 0.05) is 24.5 Å². The third-order valence-electron chi connectivity index (χ3n) is 6.38. The van der Waals surface area contributed by atoms with E-state index in [-0.39, 0.29) is 11.9 Å². The number of aryl methyl sites for hydroxylation is 1. The predicted molar refractivity (Wildman–Crippen MR) is 129 cm³/mol. The zero-order valence-electron chi connectivity index (χ0n) is 18.2. The first-order valence-electron chi connectivity index (χ1n) is 11.1. The number of rotatable bonds is 4. The lowest BCUT2D eigenvalue weighted by Crippen LogP contribution is -2.40. The number of fused-ring (bicyclic) bond motifs is 1. The van der Waals surface area contributed by atoms with Gasteiger partial charge in [-0.2, -0.15) is 5.10 Å². The van der Waals surface area contributed by atoms with E-state index in [2.05, 4.69) is 60.4 Å². The van der Waals surface area contributed by atoms with E-state index in [0.29, 0.717) is 18.0 Å². The summed E-state index contributed by atoms with van der Waals surface area (Å²) in [5.41, 5.74) is 6.80. The molecule has 0 fully saturated rings. The minimum absolute atomic E-state index is 0.0106. The van der Waals surface area contributed by atoms with Crippen molar-refractivity contribution in [1.82, 2.24) is 9.91 Å². The topological polar surface area (TPSA) is 35.9 Å². The second kappa shape index (κ2) is 8.89. The molecular formula is C27H26ClN3O. The summed E-state index contributed by atoms with van der Waals surface area (Å²) >= 11 is 6.54. The van der Waals surface area contributed by atoms with Gasteiger partial charge in [0.25, 0.3) is 5.91 Å². The quantitative estimate of drug-likeness (QED) is 0.542. The molecule has 5 heteroatoms. The van der Waals surface area contributed by atoms with E-state index in [0.717, 1.165) is 36.3 Å². The van der Waals surface area contributed by atoms with E-state index >= 15 is 0 Å². The van der Waals surface area contributed by atoms with Crippen molar-refractivity contribution in [2.75, 3.05) is 13.1 Å². The van der Waals surface area contributed by atoms with Crippen LogP contribution in [0.2, 0.25) is 5.02 Å². The van der Waals surface area contributed by atoms with E-state index in [1.165, 1.54) is 16.7 Å². The summed E-state index contributed by atoms with van der Waals surface area (Å²) in [6.45, 7) is 4.09. The molecule has 2 aliphatic heterocycles. The first-order valence-corrected chi connectivity index (χ1v) is 11.5. The highest BCUT2D eigenvalue weighted by atomic mass is 35.5. The van der Waals surface area contributed by atoms with Crippen LogP contribution < -0.4 is 0 Å². The number of benzene rings is 3. The van der Waals surface area contributed by atoms with Crippen LogP contribution in [-0.2, 0) is 17.8 Å². The fraction of sp³-hybridized carbons (Fsp3) is 0.259. The van der Waals surface area contributed by atoms with Gasteiger partial charge in [0.15, 0.2) is 0 Å². The van der Waals surface area contributed by atoms with Gasteiger partial charge in [0.1, 0.15) is 0 Å². The van der Waals surface area contributed by atoms with Gasteiger partial charge in [-0.25, -0.2) is 5.01 Å². The highest BCUT2D eigenvalue weighted by molar-refractivity contribution is 6.31. The van der Waals surface area contributed by atoms with Crippen molar-refractivity contribution in [1.29, 1.82) is 0 Å².